The van der Waals surface area contributed by atoms with Crippen molar-refractivity contribution in [1.29, 1.82) is 0 Å². The van der Waals surface area contributed by atoms with Gasteiger partial charge < -0.3 is 14.4 Å². The molecule has 2 aromatic carbocycles. The first-order chi connectivity index (χ1) is 14.8. The zero-order chi connectivity index (χ0) is 22.8. The van der Waals surface area contributed by atoms with Gasteiger partial charge in [-0.2, -0.15) is 0 Å². The Hall–Kier alpha value is -2.73. The molecule has 0 aliphatic carbocycles. The third-order valence-corrected chi connectivity index (χ3v) is 6.40. The number of rotatable bonds is 7. The highest BCUT2D eigenvalue weighted by molar-refractivity contribution is 6.19. The van der Waals surface area contributed by atoms with E-state index in [1.54, 1.807) is 42.9 Å². The maximum Gasteiger partial charge on any atom is 0.325 e. The minimum atomic E-state index is -0.991. The van der Waals surface area contributed by atoms with Crippen LogP contribution in [0.5, 0.6) is 5.75 Å². The maximum atomic E-state index is 13.8. The van der Waals surface area contributed by atoms with Gasteiger partial charge in [-0.1, -0.05) is 30.3 Å². The Kier molecular flexibility index (Phi) is 6.80. The van der Waals surface area contributed by atoms with Crippen LogP contribution in [0.15, 0.2) is 54.6 Å². The number of esters is 1. The van der Waals surface area contributed by atoms with E-state index in [0.717, 1.165) is 5.56 Å². The van der Waals surface area contributed by atoms with Crippen molar-refractivity contribution in [3.8, 4) is 5.75 Å². The lowest BCUT2D eigenvalue weighted by Crippen LogP contribution is -2.53. The average Bonchev–Trinajstić information content (AvgIpc) is 3.11. The predicted octanol–water partition coefficient (Wildman–Crippen LogP) is 4.87. The quantitative estimate of drug-likeness (QED) is 0.451. The van der Waals surface area contributed by atoms with Crippen LogP contribution in [0.2, 0.25) is 0 Å². The summed E-state index contributed by atoms with van der Waals surface area (Å²) in [6, 6.07) is 15.7. The standard InChI is InChI=1S/C24H29ClN2O4/c1-16(17-9-7-6-8-10-17)26-20(15-25)21(24(2,3)22(28)31-5)27(23(26)29)18-11-13-19(30-4)14-12-18/h6-14,16,20-21H,15H2,1-5H3/t16-,20-,21+/m1/s1. The van der Waals surface area contributed by atoms with Gasteiger partial charge in [-0.15, -0.1) is 11.6 Å². The average molecular weight is 445 g/mol. The lowest BCUT2D eigenvalue weighted by molar-refractivity contribution is -0.152. The molecular weight excluding hydrogens is 416 g/mol. The summed E-state index contributed by atoms with van der Waals surface area (Å²) in [5, 5.41) is 0. The van der Waals surface area contributed by atoms with Gasteiger partial charge in [-0.05, 0) is 50.6 Å². The van der Waals surface area contributed by atoms with Gasteiger partial charge in [-0.3, -0.25) is 9.69 Å². The summed E-state index contributed by atoms with van der Waals surface area (Å²) < 4.78 is 10.4. The van der Waals surface area contributed by atoms with Gasteiger partial charge in [0.25, 0.3) is 0 Å². The van der Waals surface area contributed by atoms with E-state index in [2.05, 4.69) is 0 Å². The van der Waals surface area contributed by atoms with Crippen molar-refractivity contribution in [2.45, 2.75) is 38.9 Å². The number of benzene rings is 2. The van der Waals surface area contributed by atoms with E-state index in [1.165, 1.54) is 7.11 Å². The summed E-state index contributed by atoms with van der Waals surface area (Å²) in [5.41, 5.74) is 0.678. The number of amides is 2. The maximum absolute atomic E-state index is 13.8. The molecule has 2 amide bonds. The molecule has 1 aliphatic rings. The van der Waals surface area contributed by atoms with Gasteiger partial charge in [0.2, 0.25) is 0 Å². The fourth-order valence-electron chi connectivity index (χ4n) is 4.41. The van der Waals surface area contributed by atoms with E-state index < -0.39 is 23.5 Å². The third kappa shape index (κ3) is 4.09. The highest BCUT2D eigenvalue weighted by Gasteiger charge is 2.56. The zero-order valence-corrected chi connectivity index (χ0v) is 19.3. The lowest BCUT2D eigenvalue weighted by Gasteiger charge is -2.38. The number of urea groups is 1. The van der Waals surface area contributed by atoms with E-state index in [0.29, 0.717) is 11.4 Å². The second kappa shape index (κ2) is 9.18. The van der Waals surface area contributed by atoms with Crippen molar-refractivity contribution in [3.05, 3.63) is 60.2 Å². The second-order valence-corrected chi connectivity index (χ2v) is 8.53. The molecule has 3 rings (SSSR count). The summed E-state index contributed by atoms with van der Waals surface area (Å²) in [4.78, 5) is 30.0. The first-order valence-corrected chi connectivity index (χ1v) is 10.8. The number of anilines is 1. The number of carbonyl (C=O) groups excluding carboxylic acids is 2. The van der Waals surface area contributed by atoms with Gasteiger partial charge in [0.15, 0.2) is 0 Å². The fourth-order valence-corrected chi connectivity index (χ4v) is 4.73. The Bertz CT molecular complexity index is 917. The van der Waals surface area contributed by atoms with Crippen molar-refractivity contribution in [3.63, 3.8) is 0 Å². The topological polar surface area (TPSA) is 59.1 Å². The number of hydrogen-bond donors (Lipinski definition) is 0. The van der Waals surface area contributed by atoms with Crippen LogP contribution in [0.3, 0.4) is 0 Å². The molecule has 0 radical (unpaired) electrons. The van der Waals surface area contributed by atoms with Gasteiger partial charge in [0.1, 0.15) is 5.75 Å². The molecule has 3 atom stereocenters. The number of hydrogen-bond acceptors (Lipinski definition) is 4. The van der Waals surface area contributed by atoms with Crippen LogP contribution in [-0.4, -0.2) is 49.1 Å². The molecule has 0 spiro atoms. The number of alkyl halides is 1. The van der Waals surface area contributed by atoms with Crippen LogP contribution in [0.4, 0.5) is 10.5 Å². The number of methoxy groups -OCH3 is 2. The van der Waals surface area contributed by atoms with E-state index in [9.17, 15) is 9.59 Å². The Morgan fingerprint density at radius 3 is 2.23 bits per heavy atom. The molecule has 1 saturated heterocycles. The number of nitrogens with zero attached hydrogens (tertiary/aromatic N) is 2. The molecular formula is C24H29ClN2O4. The molecule has 0 saturated carbocycles. The highest BCUT2D eigenvalue weighted by atomic mass is 35.5. The van der Waals surface area contributed by atoms with Crippen LogP contribution in [0.25, 0.3) is 0 Å². The van der Waals surface area contributed by atoms with Crippen molar-refractivity contribution < 1.29 is 19.1 Å². The summed E-state index contributed by atoms with van der Waals surface area (Å²) in [6.45, 7) is 5.57. The molecule has 0 bridgehead atoms. The number of halogens is 1. The first kappa shape index (κ1) is 22.9. The molecule has 0 aromatic heterocycles. The van der Waals surface area contributed by atoms with E-state index in [4.69, 9.17) is 21.1 Å². The van der Waals surface area contributed by atoms with Crippen LogP contribution in [0, 0.1) is 5.41 Å². The number of carbonyl (C=O) groups is 2. The molecule has 166 valence electrons. The summed E-state index contributed by atoms with van der Waals surface area (Å²) in [7, 11) is 2.95. The van der Waals surface area contributed by atoms with Crippen molar-refractivity contribution in [2.75, 3.05) is 25.0 Å². The zero-order valence-electron chi connectivity index (χ0n) is 18.5. The van der Waals surface area contributed by atoms with Crippen LogP contribution >= 0.6 is 11.6 Å². The number of ether oxygens (including phenoxy) is 2. The van der Waals surface area contributed by atoms with Gasteiger partial charge >= 0.3 is 12.0 Å². The molecule has 1 fully saturated rings. The largest absolute Gasteiger partial charge is 0.497 e. The second-order valence-electron chi connectivity index (χ2n) is 8.22. The molecule has 0 unspecified atom stereocenters. The van der Waals surface area contributed by atoms with Gasteiger partial charge in [0.05, 0.1) is 37.8 Å². The summed E-state index contributed by atoms with van der Waals surface area (Å²) in [6.07, 6.45) is 0. The third-order valence-electron chi connectivity index (χ3n) is 6.09. The smallest absolute Gasteiger partial charge is 0.325 e. The van der Waals surface area contributed by atoms with Crippen LogP contribution in [0.1, 0.15) is 32.4 Å². The van der Waals surface area contributed by atoms with Crippen molar-refractivity contribution in [2.24, 2.45) is 5.41 Å². The molecule has 7 heteroatoms. The molecule has 6 nitrogen and oxygen atoms in total. The van der Waals surface area contributed by atoms with Gasteiger partial charge in [-0.25, -0.2) is 4.79 Å². The molecule has 31 heavy (non-hydrogen) atoms. The van der Waals surface area contributed by atoms with E-state index >= 15 is 0 Å². The predicted molar refractivity (Wildman–Crippen MR) is 122 cm³/mol. The first-order valence-electron chi connectivity index (χ1n) is 10.2. The summed E-state index contributed by atoms with van der Waals surface area (Å²) in [5.74, 6) is 0.469. The van der Waals surface area contributed by atoms with E-state index in [1.807, 2.05) is 49.4 Å². The fraction of sp³-hybridized carbons (Fsp3) is 0.417. The molecule has 1 heterocycles. The van der Waals surface area contributed by atoms with Crippen molar-refractivity contribution in [1.82, 2.24) is 4.90 Å². The lowest BCUT2D eigenvalue weighted by atomic mass is 9.80. The Labute approximate surface area is 188 Å². The minimum Gasteiger partial charge on any atom is -0.497 e. The van der Waals surface area contributed by atoms with E-state index in [-0.39, 0.29) is 18.0 Å². The Morgan fingerprint density at radius 1 is 1.10 bits per heavy atom. The monoisotopic (exact) mass is 444 g/mol. The summed E-state index contributed by atoms with van der Waals surface area (Å²) >= 11 is 6.46. The van der Waals surface area contributed by atoms with Crippen LogP contribution < -0.4 is 9.64 Å². The highest BCUT2D eigenvalue weighted by Crippen LogP contribution is 2.43. The van der Waals surface area contributed by atoms with Gasteiger partial charge in [0, 0.05) is 11.6 Å². The molecule has 1 aliphatic heterocycles. The Balaban J connectivity index is 2.13. The van der Waals surface area contributed by atoms with Crippen molar-refractivity contribution >= 4 is 29.3 Å². The molecule has 0 N–H and O–H groups in total. The minimum absolute atomic E-state index is 0.181. The normalized spacial score (nSPS) is 20.0. The SMILES string of the molecule is COC(=O)C(C)(C)[C@@H]1[C@@H](CCl)N([C@H](C)c2ccccc2)C(=O)N1c1ccc(OC)cc1. The van der Waals surface area contributed by atoms with Crippen LogP contribution in [-0.2, 0) is 9.53 Å². The Morgan fingerprint density at radius 2 is 1.71 bits per heavy atom. The molecule has 2 aromatic rings.